The molecule has 3 N–H and O–H groups in total. The first kappa shape index (κ1) is 20.8. The van der Waals surface area contributed by atoms with Crippen LogP contribution < -0.4 is 20.7 Å². The lowest BCUT2D eigenvalue weighted by molar-refractivity contribution is 0.102. The molecule has 0 bridgehead atoms. The van der Waals surface area contributed by atoms with E-state index >= 15 is 0 Å². The highest BCUT2D eigenvalue weighted by Gasteiger charge is 2.07. The Morgan fingerprint density at radius 3 is 2.22 bits per heavy atom. The van der Waals surface area contributed by atoms with Gasteiger partial charge in [-0.2, -0.15) is 0 Å². The normalized spacial score (nSPS) is 10.3. The largest absolute Gasteiger partial charge is 0.494 e. The third kappa shape index (κ3) is 5.57. The number of carbonyl (C=O) groups excluding carboxylic acids is 1. The van der Waals surface area contributed by atoms with E-state index in [9.17, 15) is 4.79 Å². The summed E-state index contributed by atoms with van der Waals surface area (Å²) in [5.74, 6) is 2.51. The number of benzene rings is 2. The Hall–Kier alpha value is -4.46. The van der Waals surface area contributed by atoms with Crippen LogP contribution in [0.2, 0.25) is 0 Å². The summed E-state index contributed by atoms with van der Waals surface area (Å²) in [7, 11) is 0. The van der Waals surface area contributed by atoms with Crippen LogP contribution in [0.25, 0.3) is 0 Å². The predicted molar refractivity (Wildman–Crippen MR) is 125 cm³/mol. The van der Waals surface area contributed by atoms with Crippen molar-refractivity contribution in [2.75, 3.05) is 22.6 Å². The minimum atomic E-state index is -0.185. The number of nitrogens with one attached hydrogen (secondary N) is 3. The first-order valence-electron chi connectivity index (χ1n) is 10.1. The fourth-order valence-corrected chi connectivity index (χ4v) is 2.92. The summed E-state index contributed by atoms with van der Waals surface area (Å²) >= 11 is 0. The number of ether oxygens (including phenoxy) is 1. The lowest BCUT2D eigenvalue weighted by Gasteiger charge is -2.10. The fourth-order valence-electron chi connectivity index (χ4n) is 2.92. The van der Waals surface area contributed by atoms with Crippen molar-refractivity contribution in [3.05, 3.63) is 90.9 Å². The molecule has 4 rings (SSSR count). The minimum absolute atomic E-state index is 0.185. The zero-order chi connectivity index (χ0) is 22.2. The van der Waals surface area contributed by atoms with Gasteiger partial charge in [0.1, 0.15) is 29.5 Å². The quantitative estimate of drug-likeness (QED) is 0.364. The summed E-state index contributed by atoms with van der Waals surface area (Å²) in [5, 5.41) is 9.24. The van der Waals surface area contributed by atoms with Crippen LogP contribution in [0.15, 0.2) is 85.3 Å². The van der Waals surface area contributed by atoms with Crippen molar-refractivity contribution < 1.29 is 9.53 Å². The van der Waals surface area contributed by atoms with Gasteiger partial charge in [0.15, 0.2) is 0 Å². The lowest BCUT2D eigenvalue weighted by Crippen LogP contribution is -2.11. The molecule has 0 atom stereocenters. The molecule has 160 valence electrons. The molecule has 8 heteroatoms. The van der Waals surface area contributed by atoms with Crippen molar-refractivity contribution in [2.24, 2.45) is 0 Å². The zero-order valence-electron chi connectivity index (χ0n) is 17.4. The second-order valence-electron chi connectivity index (χ2n) is 6.74. The molecule has 0 saturated carbocycles. The monoisotopic (exact) mass is 426 g/mol. The summed E-state index contributed by atoms with van der Waals surface area (Å²) in [6.45, 7) is 2.50. The molecule has 0 spiro atoms. The van der Waals surface area contributed by atoms with E-state index in [1.54, 1.807) is 36.5 Å². The Bertz CT molecular complexity index is 1170. The number of hydrogen-bond donors (Lipinski definition) is 3. The van der Waals surface area contributed by atoms with Gasteiger partial charge in [0.2, 0.25) is 0 Å². The van der Waals surface area contributed by atoms with Crippen LogP contribution in [-0.2, 0) is 0 Å². The maximum Gasteiger partial charge on any atom is 0.255 e. The second-order valence-corrected chi connectivity index (χ2v) is 6.74. The van der Waals surface area contributed by atoms with Gasteiger partial charge in [0.25, 0.3) is 5.91 Å². The Morgan fingerprint density at radius 1 is 0.812 bits per heavy atom. The van der Waals surface area contributed by atoms with E-state index in [-0.39, 0.29) is 5.91 Å². The number of nitrogens with zero attached hydrogens (tertiary/aromatic N) is 3. The van der Waals surface area contributed by atoms with E-state index in [1.807, 2.05) is 49.4 Å². The molecule has 32 heavy (non-hydrogen) atoms. The first-order valence-corrected chi connectivity index (χ1v) is 10.1. The van der Waals surface area contributed by atoms with E-state index in [2.05, 4.69) is 30.9 Å². The van der Waals surface area contributed by atoms with Crippen LogP contribution in [-0.4, -0.2) is 27.5 Å². The predicted octanol–water partition coefficient (Wildman–Crippen LogP) is 5.01. The summed E-state index contributed by atoms with van der Waals surface area (Å²) in [6.07, 6.45) is 3.18. The molecule has 4 aromatic rings. The van der Waals surface area contributed by atoms with E-state index in [4.69, 9.17) is 4.74 Å². The highest BCUT2D eigenvalue weighted by Crippen LogP contribution is 2.21. The number of aromatic nitrogens is 3. The Balaban J connectivity index is 1.36. The van der Waals surface area contributed by atoms with Crippen LogP contribution in [0, 0.1) is 0 Å². The van der Waals surface area contributed by atoms with Gasteiger partial charge in [-0.15, -0.1) is 0 Å². The van der Waals surface area contributed by atoms with E-state index in [0.717, 1.165) is 11.4 Å². The van der Waals surface area contributed by atoms with Gasteiger partial charge in [-0.3, -0.25) is 4.79 Å². The molecule has 0 radical (unpaired) electrons. The molecule has 2 aromatic carbocycles. The number of carbonyl (C=O) groups is 1. The highest BCUT2D eigenvalue weighted by molar-refractivity contribution is 6.04. The molecule has 0 aliphatic carbocycles. The van der Waals surface area contributed by atoms with Crippen LogP contribution >= 0.6 is 0 Å². The molecule has 0 saturated heterocycles. The number of amides is 1. The molecule has 0 aliphatic heterocycles. The summed E-state index contributed by atoms with van der Waals surface area (Å²) < 4.78 is 5.40. The summed E-state index contributed by atoms with van der Waals surface area (Å²) in [5.41, 5.74) is 2.07. The second kappa shape index (κ2) is 10.0. The van der Waals surface area contributed by atoms with Gasteiger partial charge in [0, 0.05) is 29.2 Å². The minimum Gasteiger partial charge on any atom is -0.494 e. The fraction of sp³-hybridized carbons (Fsp3) is 0.0833. The average Bonchev–Trinajstić information content (AvgIpc) is 2.82. The number of pyridine rings is 1. The number of anilines is 5. The lowest BCUT2D eigenvalue weighted by atomic mass is 10.2. The maximum atomic E-state index is 12.5. The topological polar surface area (TPSA) is 101 Å². The zero-order valence-corrected chi connectivity index (χ0v) is 17.4. The van der Waals surface area contributed by atoms with Crippen molar-refractivity contribution in [3.63, 3.8) is 0 Å². The van der Waals surface area contributed by atoms with Gasteiger partial charge < -0.3 is 20.7 Å². The van der Waals surface area contributed by atoms with Crippen molar-refractivity contribution in [3.8, 4) is 5.75 Å². The first-order chi connectivity index (χ1) is 15.7. The Labute approximate surface area is 185 Å². The highest BCUT2D eigenvalue weighted by atomic mass is 16.5. The molecule has 2 heterocycles. The third-order valence-corrected chi connectivity index (χ3v) is 4.43. The Kier molecular flexibility index (Phi) is 6.52. The van der Waals surface area contributed by atoms with Crippen LogP contribution in [0.5, 0.6) is 5.75 Å². The van der Waals surface area contributed by atoms with Crippen LogP contribution in [0.3, 0.4) is 0 Å². The molecule has 0 fully saturated rings. The van der Waals surface area contributed by atoms with Crippen molar-refractivity contribution in [1.29, 1.82) is 0 Å². The van der Waals surface area contributed by atoms with Crippen LogP contribution in [0.1, 0.15) is 17.3 Å². The number of hydrogen-bond acceptors (Lipinski definition) is 7. The van der Waals surface area contributed by atoms with Gasteiger partial charge in [-0.1, -0.05) is 6.07 Å². The number of rotatable bonds is 8. The van der Waals surface area contributed by atoms with Gasteiger partial charge >= 0.3 is 0 Å². The van der Waals surface area contributed by atoms with E-state index in [1.165, 1.54) is 6.33 Å². The van der Waals surface area contributed by atoms with Crippen molar-refractivity contribution >= 4 is 34.7 Å². The van der Waals surface area contributed by atoms with E-state index in [0.29, 0.717) is 35.3 Å². The van der Waals surface area contributed by atoms with Gasteiger partial charge in [-0.25, -0.2) is 15.0 Å². The third-order valence-electron chi connectivity index (χ3n) is 4.43. The maximum absolute atomic E-state index is 12.5. The molecule has 2 aromatic heterocycles. The molecule has 0 unspecified atom stereocenters. The SMILES string of the molecule is CCOc1ccc(C(=O)Nc2ccc(Nc3cc(Nc4ccccn4)ncn3)cc2)cc1. The van der Waals surface area contributed by atoms with Gasteiger partial charge in [-0.05, 0) is 67.6 Å². The molecular weight excluding hydrogens is 404 g/mol. The van der Waals surface area contributed by atoms with E-state index < -0.39 is 0 Å². The summed E-state index contributed by atoms with van der Waals surface area (Å²) in [6, 6.07) is 21.8. The standard InChI is InChI=1S/C24H22N6O2/c1-2-32-20-12-6-17(7-13-20)24(31)29-19-10-8-18(9-11-19)28-22-15-23(27-16-26-22)30-21-5-3-4-14-25-21/h3-16H,2H2,1H3,(H,29,31)(H2,25,26,27,28,30). The average molecular weight is 426 g/mol. The van der Waals surface area contributed by atoms with Crippen molar-refractivity contribution in [1.82, 2.24) is 15.0 Å². The Morgan fingerprint density at radius 2 is 1.53 bits per heavy atom. The molecular formula is C24H22N6O2. The smallest absolute Gasteiger partial charge is 0.255 e. The van der Waals surface area contributed by atoms with Gasteiger partial charge in [0.05, 0.1) is 6.61 Å². The molecule has 8 nitrogen and oxygen atoms in total. The van der Waals surface area contributed by atoms with Crippen LogP contribution in [0.4, 0.5) is 28.8 Å². The molecule has 1 amide bonds. The van der Waals surface area contributed by atoms with Crippen molar-refractivity contribution in [2.45, 2.75) is 6.92 Å². The molecule has 0 aliphatic rings. The summed E-state index contributed by atoms with van der Waals surface area (Å²) in [4.78, 5) is 25.1.